The summed E-state index contributed by atoms with van der Waals surface area (Å²) < 4.78 is 5.44. The molecule has 1 unspecified atom stereocenters. The number of unbranched alkanes of at least 4 members (excludes halogenated alkanes) is 1. The number of aliphatic imine (C=N–C) groups is 1. The molecule has 1 amide bonds. The van der Waals surface area contributed by atoms with Crippen LogP contribution in [0.1, 0.15) is 74.8 Å². The van der Waals surface area contributed by atoms with Gasteiger partial charge in [0.05, 0.1) is 18.2 Å². The predicted molar refractivity (Wildman–Crippen MR) is 95.7 cm³/mol. The fraction of sp³-hybridized carbons (Fsp3) is 0.737. The molecule has 3 rings (SSSR count). The Balaban J connectivity index is 1.84. The van der Waals surface area contributed by atoms with Gasteiger partial charge in [0, 0.05) is 18.5 Å². The van der Waals surface area contributed by atoms with Crippen LogP contribution in [0, 0.1) is 13.8 Å². The number of aliphatic hydroxyl groups excluding tert-OH is 1. The van der Waals surface area contributed by atoms with Crippen LogP contribution in [0.25, 0.3) is 0 Å². The lowest BCUT2D eigenvalue weighted by Gasteiger charge is -2.25. The van der Waals surface area contributed by atoms with Gasteiger partial charge in [0.25, 0.3) is 5.91 Å². The Morgan fingerprint density at radius 3 is 2.60 bits per heavy atom. The maximum Gasteiger partial charge on any atom is 0.255 e. The third kappa shape index (κ3) is 3.24. The third-order valence-corrected chi connectivity index (χ3v) is 5.67. The Morgan fingerprint density at radius 2 is 2.04 bits per heavy atom. The molecular weight excluding hydrogens is 318 g/mol. The van der Waals surface area contributed by atoms with E-state index < -0.39 is 5.54 Å². The van der Waals surface area contributed by atoms with Gasteiger partial charge in [-0.2, -0.15) is 0 Å². The molecule has 0 aromatic carbocycles. The van der Waals surface area contributed by atoms with E-state index in [1.165, 1.54) is 0 Å². The van der Waals surface area contributed by atoms with Crippen molar-refractivity contribution in [3.8, 4) is 0 Å². The fourth-order valence-electron chi connectivity index (χ4n) is 3.98. The molecule has 0 radical (unpaired) electrons. The van der Waals surface area contributed by atoms with E-state index in [1.807, 2.05) is 18.7 Å². The second-order valence-electron chi connectivity index (χ2n) is 7.42. The van der Waals surface area contributed by atoms with Gasteiger partial charge >= 0.3 is 0 Å². The Morgan fingerprint density at radius 1 is 1.32 bits per heavy atom. The number of hydrogen-bond acceptors (Lipinski definition) is 5. The highest BCUT2D eigenvalue weighted by molar-refractivity contribution is 6.08. The van der Waals surface area contributed by atoms with E-state index in [2.05, 4.69) is 12.1 Å². The summed E-state index contributed by atoms with van der Waals surface area (Å²) in [7, 11) is 0. The van der Waals surface area contributed by atoms with Crippen LogP contribution in [0.5, 0.6) is 0 Å². The first-order valence-electron chi connectivity index (χ1n) is 9.46. The summed E-state index contributed by atoms with van der Waals surface area (Å²) in [5, 5.41) is 13.9. The number of rotatable bonds is 7. The second-order valence-corrected chi connectivity index (χ2v) is 7.42. The number of nitrogens with zero attached hydrogens (tertiary/aromatic N) is 3. The predicted octanol–water partition coefficient (Wildman–Crippen LogP) is 3.11. The maximum atomic E-state index is 13.2. The number of aliphatic hydroxyl groups is 1. The summed E-state index contributed by atoms with van der Waals surface area (Å²) in [6.07, 6.45) is 6.73. The van der Waals surface area contributed by atoms with Crippen LogP contribution in [0.2, 0.25) is 0 Å². The van der Waals surface area contributed by atoms with E-state index in [9.17, 15) is 9.90 Å². The molecule has 1 aliphatic heterocycles. The molecular formula is C19H29N3O3. The van der Waals surface area contributed by atoms with Gasteiger partial charge in [0.1, 0.15) is 17.1 Å². The van der Waals surface area contributed by atoms with Crippen LogP contribution < -0.4 is 0 Å². The molecule has 1 atom stereocenters. The van der Waals surface area contributed by atoms with Crippen molar-refractivity contribution in [3.05, 3.63) is 17.0 Å². The highest BCUT2D eigenvalue weighted by Crippen LogP contribution is 2.40. The van der Waals surface area contributed by atoms with Crippen LogP contribution in [0.15, 0.2) is 9.52 Å². The molecule has 1 fully saturated rings. The molecule has 6 heteroatoms. The zero-order valence-corrected chi connectivity index (χ0v) is 15.5. The van der Waals surface area contributed by atoms with E-state index in [0.717, 1.165) is 62.0 Å². The van der Waals surface area contributed by atoms with Gasteiger partial charge in [-0.05, 0) is 33.1 Å². The number of carbonyl (C=O) groups excluding carboxylic acids is 1. The average Bonchev–Trinajstić information content (AvgIpc) is 3.28. The summed E-state index contributed by atoms with van der Waals surface area (Å²) in [4.78, 5) is 19.9. The van der Waals surface area contributed by atoms with E-state index in [0.29, 0.717) is 12.3 Å². The topological polar surface area (TPSA) is 78.9 Å². The van der Waals surface area contributed by atoms with Crippen molar-refractivity contribution in [1.82, 2.24) is 10.1 Å². The molecule has 2 heterocycles. The third-order valence-electron chi connectivity index (χ3n) is 5.67. The van der Waals surface area contributed by atoms with Crippen molar-refractivity contribution in [1.29, 1.82) is 0 Å². The summed E-state index contributed by atoms with van der Waals surface area (Å²) >= 11 is 0. The molecule has 6 nitrogen and oxygen atoms in total. The van der Waals surface area contributed by atoms with Crippen molar-refractivity contribution < 1.29 is 14.4 Å². The molecule has 25 heavy (non-hydrogen) atoms. The highest BCUT2D eigenvalue weighted by atomic mass is 16.5. The van der Waals surface area contributed by atoms with Gasteiger partial charge in [0.2, 0.25) is 0 Å². The summed E-state index contributed by atoms with van der Waals surface area (Å²) in [5.41, 5.74) is 1.25. The van der Waals surface area contributed by atoms with Gasteiger partial charge < -0.3 is 9.63 Å². The summed E-state index contributed by atoms with van der Waals surface area (Å²) in [6.45, 7) is 6.31. The van der Waals surface area contributed by atoms with E-state index in [4.69, 9.17) is 9.52 Å². The van der Waals surface area contributed by atoms with Gasteiger partial charge in [0.15, 0.2) is 0 Å². The monoisotopic (exact) mass is 347 g/mol. The van der Waals surface area contributed by atoms with Gasteiger partial charge in [-0.1, -0.05) is 31.3 Å². The van der Waals surface area contributed by atoms with Crippen LogP contribution in [0.4, 0.5) is 0 Å². The number of amidine groups is 1. The number of amides is 1. The van der Waals surface area contributed by atoms with Gasteiger partial charge in [-0.15, -0.1) is 0 Å². The standard InChI is InChI=1S/C19H29N3O3/c1-4-5-8-16-20-19(9-6-7-10-19)18(24)22(16)11-15(12-23)17-13(2)14(3)21-25-17/h15,23H,4-12H2,1-3H3. The smallest absolute Gasteiger partial charge is 0.255 e. The van der Waals surface area contributed by atoms with Crippen LogP contribution in [-0.2, 0) is 4.79 Å². The minimum atomic E-state index is -0.532. The van der Waals surface area contributed by atoms with Gasteiger partial charge in [-0.3, -0.25) is 14.7 Å². The van der Waals surface area contributed by atoms with Crippen molar-refractivity contribution in [2.24, 2.45) is 4.99 Å². The molecule has 1 N–H and O–H groups in total. The highest BCUT2D eigenvalue weighted by Gasteiger charge is 2.49. The molecule has 0 bridgehead atoms. The lowest BCUT2D eigenvalue weighted by molar-refractivity contribution is -0.131. The summed E-state index contributed by atoms with van der Waals surface area (Å²) in [6, 6.07) is 0. The Bertz CT molecular complexity index is 659. The molecule has 1 spiro atoms. The second kappa shape index (κ2) is 7.28. The largest absolute Gasteiger partial charge is 0.396 e. The van der Waals surface area contributed by atoms with E-state index in [-0.39, 0.29) is 18.4 Å². The molecule has 0 saturated heterocycles. The minimum absolute atomic E-state index is 0.0761. The number of hydrogen-bond donors (Lipinski definition) is 1. The lowest BCUT2D eigenvalue weighted by Crippen LogP contribution is -2.43. The molecule has 1 aromatic rings. The normalized spacial score (nSPS) is 20.6. The molecule has 1 saturated carbocycles. The average molecular weight is 347 g/mol. The fourth-order valence-corrected chi connectivity index (χ4v) is 3.98. The number of aryl methyl sites for hydroxylation is 1. The molecule has 1 aliphatic carbocycles. The summed E-state index contributed by atoms with van der Waals surface area (Å²) in [5.74, 6) is 1.41. The Hall–Kier alpha value is -1.69. The molecule has 2 aliphatic rings. The number of aromatic nitrogens is 1. The van der Waals surface area contributed by atoms with Crippen molar-refractivity contribution in [2.45, 2.75) is 77.2 Å². The van der Waals surface area contributed by atoms with Gasteiger partial charge in [-0.25, -0.2) is 0 Å². The van der Waals surface area contributed by atoms with Crippen LogP contribution in [-0.4, -0.2) is 45.6 Å². The quantitative estimate of drug-likeness (QED) is 0.822. The molecule has 1 aromatic heterocycles. The van der Waals surface area contributed by atoms with Crippen LogP contribution >= 0.6 is 0 Å². The Labute approximate surface area is 149 Å². The zero-order chi connectivity index (χ0) is 18.0. The van der Waals surface area contributed by atoms with Crippen molar-refractivity contribution in [3.63, 3.8) is 0 Å². The SMILES string of the molecule is CCCCC1=NC2(CCCC2)C(=O)N1CC(CO)c1onc(C)c1C. The Kier molecular flexibility index (Phi) is 5.27. The number of carbonyl (C=O) groups is 1. The zero-order valence-electron chi connectivity index (χ0n) is 15.5. The van der Waals surface area contributed by atoms with Crippen LogP contribution in [0.3, 0.4) is 0 Å². The first kappa shape index (κ1) is 18.1. The van der Waals surface area contributed by atoms with Crippen molar-refractivity contribution in [2.75, 3.05) is 13.2 Å². The van der Waals surface area contributed by atoms with E-state index >= 15 is 0 Å². The maximum absolute atomic E-state index is 13.2. The molecule has 138 valence electrons. The first-order valence-corrected chi connectivity index (χ1v) is 9.46. The minimum Gasteiger partial charge on any atom is -0.396 e. The van der Waals surface area contributed by atoms with Crippen molar-refractivity contribution >= 4 is 11.7 Å². The first-order chi connectivity index (χ1) is 12.0. The van der Waals surface area contributed by atoms with E-state index in [1.54, 1.807) is 0 Å². The lowest BCUT2D eigenvalue weighted by atomic mass is 9.97.